The van der Waals surface area contributed by atoms with Crippen molar-refractivity contribution in [2.75, 3.05) is 7.05 Å². The van der Waals surface area contributed by atoms with Gasteiger partial charge in [-0.3, -0.25) is 4.79 Å². The van der Waals surface area contributed by atoms with Gasteiger partial charge in [-0.15, -0.1) is 0 Å². The van der Waals surface area contributed by atoms with Crippen molar-refractivity contribution in [3.05, 3.63) is 65.0 Å². The Morgan fingerprint density at radius 2 is 1.72 bits per heavy atom. The number of carbonyl (C=O) groups excluding carboxylic acids is 1. The van der Waals surface area contributed by atoms with Crippen molar-refractivity contribution < 1.29 is 14.1 Å². The summed E-state index contributed by atoms with van der Waals surface area (Å²) in [5.41, 5.74) is 4.25. The van der Waals surface area contributed by atoms with Gasteiger partial charge in [0.2, 0.25) is 11.7 Å². The molecule has 6 nitrogen and oxygen atoms in total. The Hall–Kier alpha value is -3.15. The zero-order valence-electron chi connectivity index (χ0n) is 17.6. The second kappa shape index (κ2) is 8.90. The summed E-state index contributed by atoms with van der Waals surface area (Å²) in [5, 5.41) is 4.03. The summed E-state index contributed by atoms with van der Waals surface area (Å²) in [7, 11) is 1.71. The first-order valence-electron chi connectivity index (χ1n) is 9.75. The van der Waals surface area contributed by atoms with Crippen molar-refractivity contribution in [3.63, 3.8) is 0 Å². The summed E-state index contributed by atoms with van der Waals surface area (Å²) in [6.07, 6.45) is -0.00471. The third-order valence-corrected chi connectivity index (χ3v) is 4.65. The Morgan fingerprint density at radius 3 is 2.34 bits per heavy atom. The molecule has 3 aromatic rings. The van der Waals surface area contributed by atoms with Crippen LogP contribution >= 0.6 is 0 Å². The van der Waals surface area contributed by atoms with Gasteiger partial charge in [0.1, 0.15) is 5.75 Å². The van der Waals surface area contributed by atoms with Crippen LogP contribution in [0.25, 0.3) is 11.4 Å². The van der Waals surface area contributed by atoms with E-state index in [1.807, 2.05) is 64.1 Å². The van der Waals surface area contributed by atoms with E-state index in [4.69, 9.17) is 9.26 Å². The molecular weight excluding hydrogens is 366 g/mol. The molecule has 0 aliphatic heterocycles. The number of rotatable bonds is 7. The SMILES string of the molecule is CC[C@@H](Oc1cc(C)cc(C)c1)C(=O)N(C)Cc1nc(-c2ccc(C)cc2)no1. The Kier molecular flexibility index (Phi) is 6.32. The molecule has 0 N–H and O–H groups in total. The minimum absolute atomic E-state index is 0.123. The smallest absolute Gasteiger partial charge is 0.263 e. The lowest BCUT2D eigenvalue weighted by molar-refractivity contribution is -0.138. The number of aryl methyl sites for hydroxylation is 3. The maximum Gasteiger partial charge on any atom is 0.263 e. The van der Waals surface area contributed by atoms with Gasteiger partial charge in [-0.25, -0.2) is 0 Å². The predicted molar refractivity (Wildman–Crippen MR) is 112 cm³/mol. The zero-order valence-corrected chi connectivity index (χ0v) is 17.6. The van der Waals surface area contributed by atoms with E-state index in [0.29, 0.717) is 23.9 Å². The molecule has 0 saturated heterocycles. The summed E-state index contributed by atoms with van der Waals surface area (Å²) in [4.78, 5) is 18.8. The maximum atomic E-state index is 12.9. The second-order valence-corrected chi connectivity index (χ2v) is 7.41. The lowest BCUT2D eigenvalue weighted by atomic mass is 10.1. The number of ether oxygens (including phenoxy) is 1. The molecule has 0 aliphatic carbocycles. The summed E-state index contributed by atoms with van der Waals surface area (Å²) in [5.74, 6) is 1.48. The number of likely N-dealkylation sites (N-methyl/N-ethyl adjacent to an activating group) is 1. The number of aromatic nitrogens is 2. The molecule has 0 aliphatic rings. The van der Waals surface area contributed by atoms with Crippen LogP contribution in [0.1, 0.15) is 35.9 Å². The molecule has 0 fully saturated rings. The van der Waals surface area contributed by atoms with Gasteiger partial charge >= 0.3 is 0 Å². The molecule has 6 heteroatoms. The molecule has 0 radical (unpaired) electrons. The van der Waals surface area contributed by atoms with Crippen LogP contribution in [0.5, 0.6) is 5.75 Å². The maximum absolute atomic E-state index is 12.9. The molecular formula is C23H27N3O3. The molecule has 152 valence electrons. The highest BCUT2D eigenvalue weighted by molar-refractivity contribution is 5.81. The lowest BCUT2D eigenvalue weighted by Crippen LogP contribution is -2.39. The van der Waals surface area contributed by atoms with Gasteiger partial charge < -0.3 is 14.2 Å². The Labute approximate surface area is 171 Å². The van der Waals surface area contributed by atoms with Crippen LogP contribution in [0, 0.1) is 20.8 Å². The van der Waals surface area contributed by atoms with E-state index >= 15 is 0 Å². The predicted octanol–water partition coefficient (Wildman–Crippen LogP) is 4.48. The molecule has 1 atom stereocenters. The van der Waals surface area contributed by atoms with Crippen molar-refractivity contribution in [2.24, 2.45) is 0 Å². The number of hydrogen-bond acceptors (Lipinski definition) is 5. The average molecular weight is 393 g/mol. The first-order chi connectivity index (χ1) is 13.9. The largest absolute Gasteiger partial charge is 0.481 e. The van der Waals surface area contributed by atoms with E-state index in [0.717, 1.165) is 22.3 Å². The van der Waals surface area contributed by atoms with E-state index in [1.54, 1.807) is 11.9 Å². The van der Waals surface area contributed by atoms with Crippen molar-refractivity contribution in [1.82, 2.24) is 15.0 Å². The molecule has 0 bridgehead atoms. The van der Waals surface area contributed by atoms with E-state index in [-0.39, 0.29) is 12.5 Å². The highest BCUT2D eigenvalue weighted by Gasteiger charge is 2.24. The van der Waals surface area contributed by atoms with Crippen LogP contribution in [0.2, 0.25) is 0 Å². The normalized spacial score (nSPS) is 11.9. The summed E-state index contributed by atoms with van der Waals surface area (Å²) >= 11 is 0. The number of amides is 1. The average Bonchev–Trinajstić information content (AvgIpc) is 3.13. The first kappa shape index (κ1) is 20.6. The Balaban J connectivity index is 1.66. The molecule has 3 rings (SSSR count). The molecule has 1 aromatic heterocycles. The number of benzene rings is 2. The fourth-order valence-electron chi connectivity index (χ4n) is 3.14. The fourth-order valence-corrected chi connectivity index (χ4v) is 3.14. The molecule has 1 heterocycles. The van der Waals surface area contributed by atoms with Gasteiger partial charge in [-0.2, -0.15) is 4.98 Å². The molecule has 0 unspecified atom stereocenters. The van der Waals surface area contributed by atoms with Gasteiger partial charge in [0.25, 0.3) is 5.91 Å². The Morgan fingerprint density at radius 1 is 1.07 bits per heavy atom. The monoisotopic (exact) mass is 393 g/mol. The van der Waals surface area contributed by atoms with Crippen LogP contribution in [-0.2, 0) is 11.3 Å². The lowest BCUT2D eigenvalue weighted by Gasteiger charge is -2.23. The van der Waals surface area contributed by atoms with Crippen LogP contribution in [0.15, 0.2) is 47.0 Å². The van der Waals surface area contributed by atoms with Crippen LogP contribution < -0.4 is 4.74 Å². The van der Waals surface area contributed by atoms with Crippen LogP contribution in [0.3, 0.4) is 0 Å². The summed E-state index contributed by atoms with van der Waals surface area (Å²) in [6.45, 7) is 8.20. The number of hydrogen-bond donors (Lipinski definition) is 0. The number of nitrogens with zero attached hydrogens (tertiary/aromatic N) is 3. The summed E-state index contributed by atoms with van der Waals surface area (Å²) < 4.78 is 11.3. The minimum Gasteiger partial charge on any atom is -0.481 e. The second-order valence-electron chi connectivity index (χ2n) is 7.41. The van der Waals surface area contributed by atoms with Crippen LogP contribution in [0.4, 0.5) is 0 Å². The Bertz CT molecular complexity index is 959. The third-order valence-electron chi connectivity index (χ3n) is 4.65. The molecule has 1 amide bonds. The molecule has 0 spiro atoms. The summed E-state index contributed by atoms with van der Waals surface area (Å²) in [6, 6.07) is 13.8. The van der Waals surface area contributed by atoms with E-state index in [9.17, 15) is 4.79 Å². The molecule has 29 heavy (non-hydrogen) atoms. The van der Waals surface area contributed by atoms with Gasteiger partial charge in [0.05, 0.1) is 6.54 Å². The highest BCUT2D eigenvalue weighted by Crippen LogP contribution is 2.20. The van der Waals surface area contributed by atoms with Crippen molar-refractivity contribution in [1.29, 1.82) is 0 Å². The van der Waals surface area contributed by atoms with Gasteiger partial charge in [0, 0.05) is 12.6 Å². The van der Waals surface area contributed by atoms with Gasteiger partial charge in [-0.05, 0) is 50.5 Å². The first-order valence-corrected chi connectivity index (χ1v) is 9.75. The quantitative estimate of drug-likeness (QED) is 0.592. The minimum atomic E-state index is -0.569. The van der Waals surface area contributed by atoms with Gasteiger partial charge in [0.15, 0.2) is 6.10 Å². The fraction of sp³-hybridized carbons (Fsp3) is 0.348. The topological polar surface area (TPSA) is 68.5 Å². The third kappa shape index (κ3) is 5.22. The zero-order chi connectivity index (χ0) is 21.0. The van der Waals surface area contributed by atoms with E-state index in [2.05, 4.69) is 16.2 Å². The molecule has 0 saturated carbocycles. The highest BCUT2D eigenvalue weighted by atomic mass is 16.5. The van der Waals surface area contributed by atoms with Crippen molar-refractivity contribution >= 4 is 5.91 Å². The van der Waals surface area contributed by atoms with Crippen LogP contribution in [-0.4, -0.2) is 34.1 Å². The van der Waals surface area contributed by atoms with E-state index in [1.165, 1.54) is 0 Å². The van der Waals surface area contributed by atoms with Crippen molar-refractivity contribution in [3.8, 4) is 17.1 Å². The van der Waals surface area contributed by atoms with E-state index < -0.39 is 6.10 Å². The number of carbonyl (C=O) groups is 1. The van der Waals surface area contributed by atoms with Crippen molar-refractivity contribution in [2.45, 2.75) is 46.8 Å². The van der Waals surface area contributed by atoms with Gasteiger partial charge in [-0.1, -0.05) is 48.0 Å². The standard InChI is InChI=1S/C23H27N3O3/c1-6-20(28-19-12-16(3)11-17(4)13-19)23(27)26(5)14-21-24-22(25-29-21)18-9-7-15(2)8-10-18/h7-13,20H,6,14H2,1-5H3/t20-/m1/s1. The molecule has 2 aromatic carbocycles.